The summed E-state index contributed by atoms with van der Waals surface area (Å²) in [6.07, 6.45) is 3.90. The summed E-state index contributed by atoms with van der Waals surface area (Å²) in [5, 5.41) is 12.5. The van der Waals surface area contributed by atoms with Crippen molar-refractivity contribution in [3.8, 4) is 0 Å². The highest BCUT2D eigenvalue weighted by atomic mass is 32.2. The number of carbonyl (C=O) groups excluding carboxylic acids is 1. The summed E-state index contributed by atoms with van der Waals surface area (Å²) >= 11 is 3.07. The minimum absolute atomic E-state index is 0.0183. The van der Waals surface area contributed by atoms with Gasteiger partial charge in [0, 0.05) is 0 Å². The number of fused-ring (bicyclic) bond motifs is 1. The predicted molar refractivity (Wildman–Crippen MR) is 86.8 cm³/mol. The molecule has 1 fully saturated rings. The molecule has 4 nitrogen and oxygen atoms in total. The first-order valence-corrected chi connectivity index (χ1v) is 8.91. The van der Waals surface area contributed by atoms with Crippen LogP contribution in [0, 0.1) is 0 Å². The lowest BCUT2D eigenvalue weighted by atomic mass is 9.99. The highest BCUT2D eigenvalue weighted by Crippen LogP contribution is 2.31. The second-order valence-corrected chi connectivity index (χ2v) is 7.68. The maximum absolute atomic E-state index is 12.1. The van der Waals surface area contributed by atoms with Gasteiger partial charge >= 0.3 is 0 Å². The Hall–Kier alpha value is -1.11. The van der Waals surface area contributed by atoms with Gasteiger partial charge in [0.1, 0.15) is 0 Å². The molecule has 2 aromatic rings. The summed E-state index contributed by atoms with van der Waals surface area (Å²) in [4.78, 5) is 16.6. The highest BCUT2D eigenvalue weighted by molar-refractivity contribution is 8.01. The van der Waals surface area contributed by atoms with Crippen molar-refractivity contribution in [1.82, 2.24) is 10.3 Å². The number of benzene rings is 1. The fraction of sp³-hybridized carbons (Fsp3) is 0.467. The Balaban J connectivity index is 1.58. The van der Waals surface area contributed by atoms with Crippen LogP contribution in [-0.4, -0.2) is 33.9 Å². The normalized spacial score (nSPS) is 17.2. The number of hydrogen-bond donors (Lipinski definition) is 2. The number of nitrogens with zero attached hydrogens (tertiary/aromatic N) is 1. The van der Waals surface area contributed by atoms with Crippen molar-refractivity contribution in [3.05, 3.63) is 24.3 Å². The Bertz CT molecular complexity index is 602. The Morgan fingerprint density at radius 3 is 2.86 bits per heavy atom. The van der Waals surface area contributed by atoms with Crippen molar-refractivity contribution in [2.45, 2.75) is 35.6 Å². The van der Waals surface area contributed by atoms with Gasteiger partial charge in [0.2, 0.25) is 5.91 Å². The van der Waals surface area contributed by atoms with Crippen molar-refractivity contribution in [2.24, 2.45) is 0 Å². The molecule has 1 aromatic heterocycles. The molecule has 6 heteroatoms. The molecule has 1 heterocycles. The van der Waals surface area contributed by atoms with Gasteiger partial charge < -0.3 is 10.4 Å². The molecule has 1 aliphatic rings. The number of thiazole rings is 1. The lowest BCUT2D eigenvalue weighted by Crippen LogP contribution is -2.49. The SMILES string of the molecule is O=C(CSc1nc2ccccc2s1)NC1(CO)CCCC1. The zero-order valence-electron chi connectivity index (χ0n) is 11.7. The Morgan fingerprint density at radius 2 is 2.14 bits per heavy atom. The Kier molecular flexibility index (Phi) is 4.47. The zero-order valence-corrected chi connectivity index (χ0v) is 13.3. The first-order chi connectivity index (χ1) is 10.2. The van der Waals surface area contributed by atoms with Crippen molar-refractivity contribution < 1.29 is 9.90 Å². The predicted octanol–water partition coefficient (Wildman–Crippen LogP) is 2.81. The number of para-hydroxylation sites is 1. The van der Waals surface area contributed by atoms with Crippen LogP contribution in [0.2, 0.25) is 0 Å². The number of aromatic nitrogens is 1. The molecule has 21 heavy (non-hydrogen) atoms. The molecule has 0 radical (unpaired) electrons. The van der Waals surface area contributed by atoms with Gasteiger partial charge in [-0.3, -0.25) is 4.79 Å². The van der Waals surface area contributed by atoms with E-state index in [0.717, 1.165) is 40.2 Å². The Labute approximate surface area is 132 Å². The standard InChI is InChI=1S/C15H18N2O2S2/c18-10-15(7-3-4-8-15)17-13(19)9-20-14-16-11-5-1-2-6-12(11)21-14/h1-2,5-6,18H,3-4,7-10H2,(H,17,19). The number of thioether (sulfide) groups is 1. The number of hydrogen-bond acceptors (Lipinski definition) is 5. The summed E-state index contributed by atoms with van der Waals surface area (Å²) in [6.45, 7) is 0.0323. The van der Waals surface area contributed by atoms with E-state index in [1.165, 1.54) is 11.8 Å². The number of aliphatic hydroxyl groups excluding tert-OH is 1. The van der Waals surface area contributed by atoms with Crippen LogP contribution in [0.3, 0.4) is 0 Å². The average molecular weight is 322 g/mol. The van der Waals surface area contributed by atoms with Crippen LogP contribution < -0.4 is 5.32 Å². The summed E-state index contributed by atoms with van der Waals surface area (Å²) in [5.74, 6) is 0.330. The number of aliphatic hydroxyl groups is 1. The second-order valence-electron chi connectivity index (χ2n) is 5.43. The summed E-state index contributed by atoms with van der Waals surface area (Å²) < 4.78 is 2.05. The smallest absolute Gasteiger partial charge is 0.230 e. The van der Waals surface area contributed by atoms with Crippen LogP contribution in [-0.2, 0) is 4.79 Å². The van der Waals surface area contributed by atoms with E-state index in [9.17, 15) is 9.90 Å². The van der Waals surface area contributed by atoms with Crippen molar-refractivity contribution in [2.75, 3.05) is 12.4 Å². The zero-order chi connectivity index (χ0) is 14.7. The molecule has 0 atom stereocenters. The van der Waals surface area contributed by atoms with Crippen LogP contribution in [0.15, 0.2) is 28.6 Å². The molecule has 3 rings (SSSR count). The quantitative estimate of drug-likeness (QED) is 0.831. The van der Waals surface area contributed by atoms with E-state index >= 15 is 0 Å². The van der Waals surface area contributed by atoms with Crippen LogP contribution >= 0.6 is 23.1 Å². The van der Waals surface area contributed by atoms with Gasteiger partial charge in [-0.25, -0.2) is 4.98 Å². The number of carbonyl (C=O) groups is 1. The maximum atomic E-state index is 12.1. The molecule has 1 saturated carbocycles. The maximum Gasteiger partial charge on any atom is 0.230 e. The minimum Gasteiger partial charge on any atom is -0.394 e. The molecular weight excluding hydrogens is 304 g/mol. The van der Waals surface area contributed by atoms with Crippen molar-refractivity contribution >= 4 is 39.2 Å². The third-order valence-electron chi connectivity index (χ3n) is 3.87. The van der Waals surface area contributed by atoms with E-state index in [2.05, 4.69) is 10.3 Å². The van der Waals surface area contributed by atoms with Crippen LogP contribution in [0.5, 0.6) is 0 Å². The largest absolute Gasteiger partial charge is 0.394 e. The van der Waals surface area contributed by atoms with Crippen molar-refractivity contribution in [1.29, 1.82) is 0 Å². The lowest BCUT2D eigenvalue weighted by molar-refractivity contribution is -0.121. The number of amides is 1. The van der Waals surface area contributed by atoms with E-state index in [1.54, 1.807) is 11.3 Å². The van der Waals surface area contributed by atoms with E-state index in [1.807, 2.05) is 24.3 Å². The third-order valence-corrected chi connectivity index (χ3v) is 6.05. The van der Waals surface area contributed by atoms with Gasteiger partial charge in [-0.1, -0.05) is 36.7 Å². The molecule has 1 aromatic carbocycles. The summed E-state index contributed by atoms with van der Waals surface area (Å²) in [6, 6.07) is 7.98. The van der Waals surface area contributed by atoms with Crippen molar-refractivity contribution in [3.63, 3.8) is 0 Å². The fourth-order valence-electron chi connectivity index (χ4n) is 2.75. The van der Waals surface area contributed by atoms with Gasteiger partial charge in [0.25, 0.3) is 0 Å². The number of rotatable bonds is 5. The molecule has 1 amide bonds. The fourth-order valence-corrected chi connectivity index (χ4v) is 4.61. The first kappa shape index (κ1) is 14.8. The van der Waals surface area contributed by atoms with E-state index in [-0.39, 0.29) is 18.1 Å². The Morgan fingerprint density at radius 1 is 1.38 bits per heavy atom. The van der Waals surface area contributed by atoms with Crippen LogP contribution in [0.25, 0.3) is 10.2 Å². The molecule has 0 aliphatic heterocycles. The lowest BCUT2D eigenvalue weighted by Gasteiger charge is -2.27. The highest BCUT2D eigenvalue weighted by Gasteiger charge is 2.34. The van der Waals surface area contributed by atoms with Gasteiger partial charge in [-0.15, -0.1) is 11.3 Å². The van der Waals surface area contributed by atoms with E-state index < -0.39 is 0 Å². The van der Waals surface area contributed by atoms with Gasteiger partial charge in [0.05, 0.1) is 28.1 Å². The topological polar surface area (TPSA) is 62.2 Å². The molecule has 112 valence electrons. The van der Waals surface area contributed by atoms with Crippen LogP contribution in [0.4, 0.5) is 0 Å². The summed E-state index contributed by atoms with van der Waals surface area (Å²) in [7, 11) is 0. The van der Waals surface area contributed by atoms with Crippen LogP contribution in [0.1, 0.15) is 25.7 Å². The molecule has 0 spiro atoms. The minimum atomic E-state index is -0.384. The van der Waals surface area contributed by atoms with Gasteiger partial charge in [0.15, 0.2) is 4.34 Å². The molecule has 0 unspecified atom stereocenters. The van der Waals surface area contributed by atoms with E-state index in [4.69, 9.17) is 0 Å². The van der Waals surface area contributed by atoms with Gasteiger partial charge in [-0.2, -0.15) is 0 Å². The molecule has 1 aliphatic carbocycles. The van der Waals surface area contributed by atoms with E-state index in [0.29, 0.717) is 5.75 Å². The monoisotopic (exact) mass is 322 g/mol. The average Bonchev–Trinajstić information content (AvgIpc) is 3.11. The summed E-state index contributed by atoms with van der Waals surface area (Å²) in [5.41, 5.74) is 0.596. The molecular formula is C15H18N2O2S2. The third kappa shape index (κ3) is 3.39. The molecule has 0 saturated heterocycles. The molecule has 2 N–H and O–H groups in total. The number of nitrogens with one attached hydrogen (secondary N) is 1. The second kappa shape index (κ2) is 6.34. The first-order valence-electron chi connectivity index (χ1n) is 7.11. The van der Waals surface area contributed by atoms with Gasteiger partial charge in [-0.05, 0) is 25.0 Å². The molecule has 0 bridgehead atoms.